The fourth-order valence-electron chi connectivity index (χ4n) is 3.79. The van der Waals surface area contributed by atoms with Crippen LogP contribution in [0.25, 0.3) is 10.2 Å². The number of aromatic nitrogens is 2. The summed E-state index contributed by atoms with van der Waals surface area (Å²) in [5, 5.41) is 0.754. The van der Waals surface area contributed by atoms with Crippen LogP contribution < -0.4 is 5.56 Å². The molecule has 1 amide bonds. The van der Waals surface area contributed by atoms with E-state index < -0.39 is 0 Å². The van der Waals surface area contributed by atoms with Gasteiger partial charge in [-0.05, 0) is 43.6 Å². The Morgan fingerprint density at radius 2 is 2.26 bits per heavy atom. The number of aryl methyl sites for hydroxylation is 2. The minimum Gasteiger partial charge on any atom is -0.341 e. The molecule has 4 rings (SSSR count). The molecule has 0 N–H and O–H groups in total. The van der Waals surface area contributed by atoms with Gasteiger partial charge < -0.3 is 4.90 Å². The molecule has 1 fully saturated rings. The number of fused-ring (bicyclic) bond motifs is 3. The molecule has 0 spiro atoms. The van der Waals surface area contributed by atoms with E-state index in [1.165, 1.54) is 21.4 Å². The number of carbonyl (C=O) groups excluding carboxylic acids is 1. The molecular formula is C17H21N3O2S. The lowest BCUT2D eigenvalue weighted by molar-refractivity contribution is -0.133. The van der Waals surface area contributed by atoms with Crippen LogP contribution in [0.2, 0.25) is 0 Å². The minimum atomic E-state index is -0.0483. The second kappa shape index (κ2) is 5.74. The van der Waals surface area contributed by atoms with Crippen LogP contribution in [0.4, 0.5) is 0 Å². The number of hydrogen-bond donors (Lipinski definition) is 0. The Morgan fingerprint density at radius 1 is 1.39 bits per heavy atom. The fraction of sp³-hybridized carbons (Fsp3) is 0.588. The van der Waals surface area contributed by atoms with Crippen LogP contribution in [0.5, 0.6) is 0 Å². The van der Waals surface area contributed by atoms with Crippen molar-refractivity contribution in [3.8, 4) is 0 Å². The zero-order chi connectivity index (χ0) is 16.0. The van der Waals surface area contributed by atoms with Crippen LogP contribution in [-0.2, 0) is 24.2 Å². The summed E-state index contributed by atoms with van der Waals surface area (Å²) in [5.74, 6) is 0.580. The van der Waals surface area contributed by atoms with Crippen LogP contribution >= 0.6 is 11.3 Å². The van der Waals surface area contributed by atoms with E-state index in [1.54, 1.807) is 17.7 Å². The van der Waals surface area contributed by atoms with Gasteiger partial charge in [0.15, 0.2) is 0 Å². The van der Waals surface area contributed by atoms with Gasteiger partial charge in [-0.15, -0.1) is 11.3 Å². The number of thiophene rings is 1. The summed E-state index contributed by atoms with van der Waals surface area (Å²) >= 11 is 1.64. The van der Waals surface area contributed by atoms with Gasteiger partial charge in [0.2, 0.25) is 5.91 Å². The van der Waals surface area contributed by atoms with Crippen molar-refractivity contribution >= 4 is 27.5 Å². The van der Waals surface area contributed by atoms with E-state index in [0.717, 1.165) is 49.0 Å². The van der Waals surface area contributed by atoms with Crippen molar-refractivity contribution in [2.45, 2.75) is 45.6 Å². The molecule has 0 unspecified atom stereocenters. The maximum Gasteiger partial charge on any atom is 0.262 e. The summed E-state index contributed by atoms with van der Waals surface area (Å²) in [5.41, 5.74) is 1.13. The molecule has 2 aromatic rings. The van der Waals surface area contributed by atoms with E-state index in [1.807, 2.05) is 4.90 Å². The van der Waals surface area contributed by atoms with Gasteiger partial charge in [-0.1, -0.05) is 6.92 Å². The predicted octanol–water partition coefficient (Wildman–Crippen LogP) is 2.21. The first-order valence-corrected chi connectivity index (χ1v) is 9.22. The number of hydrogen-bond acceptors (Lipinski definition) is 4. The van der Waals surface area contributed by atoms with Crippen molar-refractivity contribution in [2.75, 3.05) is 13.1 Å². The first kappa shape index (κ1) is 14.9. The highest BCUT2D eigenvalue weighted by Gasteiger charge is 2.24. The number of piperidine rings is 1. The third-order valence-corrected chi connectivity index (χ3v) is 6.21. The average molecular weight is 331 g/mol. The number of likely N-dealkylation sites (tertiary alicyclic amines) is 1. The quantitative estimate of drug-likeness (QED) is 0.848. The number of rotatable bonds is 2. The summed E-state index contributed by atoms with van der Waals surface area (Å²) in [4.78, 5) is 33.8. The lowest BCUT2D eigenvalue weighted by atomic mass is 10.0. The van der Waals surface area contributed by atoms with E-state index >= 15 is 0 Å². The van der Waals surface area contributed by atoms with E-state index in [9.17, 15) is 9.59 Å². The zero-order valence-corrected chi connectivity index (χ0v) is 14.2. The highest BCUT2D eigenvalue weighted by Crippen LogP contribution is 2.34. The number of carbonyl (C=O) groups is 1. The molecule has 0 bridgehead atoms. The van der Waals surface area contributed by atoms with Gasteiger partial charge in [-0.25, -0.2) is 4.98 Å². The SMILES string of the molecule is C[C@@H]1CCCN(C(=O)Cn2cnc3sc4c(c3c2=O)CCC4)C1. The van der Waals surface area contributed by atoms with Crippen LogP contribution in [0.3, 0.4) is 0 Å². The fourth-order valence-corrected chi connectivity index (χ4v) is 5.01. The molecule has 5 nitrogen and oxygen atoms in total. The summed E-state index contributed by atoms with van der Waals surface area (Å²) < 4.78 is 1.50. The van der Waals surface area contributed by atoms with Crippen molar-refractivity contribution in [2.24, 2.45) is 5.92 Å². The topological polar surface area (TPSA) is 55.2 Å². The summed E-state index contributed by atoms with van der Waals surface area (Å²) in [6, 6.07) is 0. The molecule has 6 heteroatoms. The second-order valence-electron chi connectivity index (χ2n) is 6.80. The van der Waals surface area contributed by atoms with Gasteiger partial charge in [0, 0.05) is 18.0 Å². The molecule has 2 aliphatic rings. The molecule has 1 atom stereocenters. The summed E-state index contributed by atoms with van der Waals surface area (Å²) in [6.45, 7) is 3.89. The van der Waals surface area contributed by atoms with Gasteiger partial charge in [0.05, 0.1) is 11.7 Å². The Balaban J connectivity index is 1.63. The average Bonchev–Trinajstić information content (AvgIpc) is 3.10. The maximum atomic E-state index is 12.8. The Bertz CT molecular complexity index is 823. The third-order valence-electron chi connectivity index (χ3n) is 5.01. The van der Waals surface area contributed by atoms with Crippen molar-refractivity contribution in [1.29, 1.82) is 0 Å². The lowest BCUT2D eigenvalue weighted by Gasteiger charge is -2.31. The van der Waals surface area contributed by atoms with Crippen molar-refractivity contribution < 1.29 is 4.79 Å². The Labute approximate surface area is 138 Å². The Hall–Kier alpha value is -1.69. The molecule has 1 aliphatic carbocycles. The molecule has 23 heavy (non-hydrogen) atoms. The predicted molar refractivity (Wildman–Crippen MR) is 90.9 cm³/mol. The summed E-state index contributed by atoms with van der Waals surface area (Å²) in [6.07, 6.45) is 6.92. The molecule has 0 radical (unpaired) electrons. The van der Waals surface area contributed by atoms with E-state index in [2.05, 4.69) is 11.9 Å². The largest absolute Gasteiger partial charge is 0.341 e. The molecule has 1 saturated heterocycles. The monoisotopic (exact) mass is 331 g/mol. The molecule has 0 aromatic carbocycles. The highest BCUT2D eigenvalue weighted by molar-refractivity contribution is 7.18. The van der Waals surface area contributed by atoms with Crippen LogP contribution in [0, 0.1) is 5.92 Å². The molecule has 122 valence electrons. The van der Waals surface area contributed by atoms with Gasteiger partial charge in [0.1, 0.15) is 11.4 Å². The van der Waals surface area contributed by atoms with Gasteiger partial charge in [0.25, 0.3) is 5.56 Å². The smallest absolute Gasteiger partial charge is 0.262 e. The molecule has 2 aromatic heterocycles. The Morgan fingerprint density at radius 3 is 3.09 bits per heavy atom. The van der Waals surface area contributed by atoms with Crippen LogP contribution in [0.1, 0.15) is 36.6 Å². The van der Waals surface area contributed by atoms with Crippen LogP contribution in [0.15, 0.2) is 11.1 Å². The van der Waals surface area contributed by atoms with E-state index in [0.29, 0.717) is 5.92 Å². The van der Waals surface area contributed by atoms with Gasteiger partial charge >= 0.3 is 0 Å². The third kappa shape index (κ3) is 2.59. The number of amides is 1. The summed E-state index contributed by atoms with van der Waals surface area (Å²) in [7, 11) is 0. The molecular weight excluding hydrogens is 310 g/mol. The number of nitrogens with zero attached hydrogens (tertiary/aromatic N) is 3. The minimum absolute atomic E-state index is 0.0340. The first-order chi connectivity index (χ1) is 11.1. The normalized spacial score (nSPS) is 20.9. The van der Waals surface area contributed by atoms with Crippen LogP contribution in [-0.4, -0.2) is 33.4 Å². The molecule has 1 aliphatic heterocycles. The van der Waals surface area contributed by atoms with Crippen molar-refractivity contribution in [3.05, 3.63) is 27.1 Å². The lowest BCUT2D eigenvalue weighted by Crippen LogP contribution is -2.42. The Kier molecular flexibility index (Phi) is 3.71. The first-order valence-electron chi connectivity index (χ1n) is 8.41. The highest BCUT2D eigenvalue weighted by atomic mass is 32.1. The standard InChI is InChI=1S/C17H21N3O2S/c1-11-4-3-7-19(8-11)14(21)9-20-10-18-16-15(17(20)22)12-5-2-6-13(12)23-16/h10-11H,2-9H2,1H3/t11-/m1/s1. The van der Waals surface area contributed by atoms with Gasteiger partial charge in [-0.3, -0.25) is 14.2 Å². The van der Waals surface area contributed by atoms with Crippen molar-refractivity contribution in [1.82, 2.24) is 14.5 Å². The second-order valence-corrected chi connectivity index (χ2v) is 7.89. The molecule has 0 saturated carbocycles. The van der Waals surface area contributed by atoms with E-state index in [-0.39, 0.29) is 18.0 Å². The zero-order valence-electron chi connectivity index (χ0n) is 13.4. The molecule has 3 heterocycles. The maximum absolute atomic E-state index is 12.8. The van der Waals surface area contributed by atoms with Crippen molar-refractivity contribution in [3.63, 3.8) is 0 Å². The van der Waals surface area contributed by atoms with Gasteiger partial charge in [-0.2, -0.15) is 0 Å². The van der Waals surface area contributed by atoms with E-state index in [4.69, 9.17) is 0 Å².